The molecule has 0 aliphatic carbocycles. The maximum atomic E-state index is 10.7. The molecule has 0 unspecified atom stereocenters. The Morgan fingerprint density at radius 3 is 3.00 bits per heavy atom. The second-order valence-electron chi connectivity index (χ2n) is 3.92. The molecule has 1 aromatic carbocycles. The van der Waals surface area contributed by atoms with E-state index in [-0.39, 0.29) is 13.0 Å². The fourth-order valence-corrected chi connectivity index (χ4v) is 1.92. The zero-order chi connectivity index (χ0) is 13.0. The fourth-order valence-electron chi connectivity index (χ4n) is 1.92. The van der Waals surface area contributed by atoms with Crippen molar-refractivity contribution in [2.75, 3.05) is 6.61 Å². The standard InChI is InChI=1S/C14H13NO3/c1-2-6-18-9-10-4-3-5-12-11(7-13(16)17)8-15-14(10)12/h1,3-5,8,15H,6-7,9H2,(H,16,17). The SMILES string of the molecule is C#CCOCc1cccc2c(CC(=O)O)c[nH]c12. The molecule has 0 amide bonds. The van der Waals surface area contributed by atoms with Crippen LogP contribution in [-0.4, -0.2) is 22.7 Å². The second-order valence-corrected chi connectivity index (χ2v) is 3.92. The van der Waals surface area contributed by atoms with Crippen LogP contribution in [0, 0.1) is 12.3 Å². The van der Waals surface area contributed by atoms with Crippen LogP contribution in [0.25, 0.3) is 10.9 Å². The van der Waals surface area contributed by atoms with Gasteiger partial charge in [0.1, 0.15) is 6.61 Å². The van der Waals surface area contributed by atoms with Crippen LogP contribution in [0.2, 0.25) is 0 Å². The number of carboxylic acid groups (broad SMARTS) is 1. The smallest absolute Gasteiger partial charge is 0.307 e. The van der Waals surface area contributed by atoms with E-state index >= 15 is 0 Å². The molecule has 2 rings (SSSR count). The molecule has 0 aliphatic heterocycles. The molecule has 1 aromatic heterocycles. The predicted molar refractivity (Wildman–Crippen MR) is 68.1 cm³/mol. The number of terminal acetylenes is 1. The summed E-state index contributed by atoms with van der Waals surface area (Å²) in [6.45, 7) is 0.674. The molecular weight excluding hydrogens is 230 g/mol. The maximum Gasteiger partial charge on any atom is 0.307 e. The summed E-state index contributed by atoms with van der Waals surface area (Å²) >= 11 is 0. The zero-order valence-electron chi connectivity index (χ0n) is 9.77. The number of aromatic nitrogens is 1. The lowest BCUT2D eigenvalue weighted by Crippen LogP contribution is -1.99. The molecule has 0 radical (unpaired) electrons. The van der Waals surface area contributed by atoms with E-state index < -0.39 is 5.97 Å². The van der Waals surface area contributed by atoms with E-state index in [0.29, 0.717) is 6.61 Å². The summed E-state index contributed by atoms with van der Waals surface area (Å²) in [6.07, 6.45) is 6.85. The lowest BCUT2D eigenvalue weighted by molar-refractivity contribution is -0.136. The van der Waals surface area contributed by atoms with Gasteiger partial charge in [-0.15, -0.1) is 6.42 Å². The van der Waals surface area contributed by atoms with Gasteiger partial charge in [0.25, 0.3) is 0 Å². The van der Waals surface area contributed by atoms with Gasteiger partial charge in [-0.25, -0.2) is 0 Å². The number of H-pyrrole nitrogens is 1. The van der Waals surface area contributed by atoms with Crippen LogP contribution in [0.4, 0.5) is 0 Å². The number of rotatable bonds is 5. The van der Waals surface area contributed by atoms with Gasteiger partial charge in [-0.05, 0) is 5.56 Å². The minimum Gasteiger partial charge on any atom is -0.481 e. The summed E-state index contributed by atoms with van der Waals surface area (Å²) in [5, 5.41) is 9.74. The Balaban J connectivity index is 2.30. The molecule has 2 aromatic rings. The van der Waals surface area contributed by atoms with Gasteiger partial charge in [-0.2, -0.15) is 0 Å². The van der Waals surface area contributed by atoms with Gasteiger partial charge < -0.3 is 14.8 Å². The highest BCUT2D eigenvalue weighted by atomic mass is 16.5. The monoisotopic (exact) mass is 243 g/mol. The summed E-state index contributed by atoms with van der Waals surface area (Å²) in [6, 6.07) is 5.71. The van der Waals surface area contributed by atoms with Crippen LogP contribution in [0.3, 0.4) is 0 Å². The first-order valence-corrected chi connectivity index (χ1v) is 5.53. The van der Waals surface area contributed by atoms with E-state index in [4.69, 9.17) is 16.3 Å². The average Bonchev–Trinajstić information content (AvgIpc) is 2.73. The number of nitrogens with one attached hydrogen (secondary N) is 1. The van der Waals surface area contributed by atoms with Crippen molar-refractivity contribution in [2.24, 2.45) is 0 Å². The normalized spacial score (nSPS) is 10.4. The fraction of sp³-hybridized carbons (Fsp3) is 0.214. The van der Waals surface area contributed by atoms with Crippen LogP contribution in [-0.2, 0) is 22.6 Å². The molecule has 0 spiro atoms. The highest BCUT2D eigenvalue weighted by molar-refractivity contribution is 5.89. The Bertz CT molecular complexity index is 607. The topological polar surface area (TPSA) is 62.3 Å². The van der Waals surface area contributed by atoms with Crippen molar-refractivity contribution < 1.29 is 14.6 Å². The Kier molecular flexibility index (Phi) is 3.66. The Hall–Kier alpha value is -2.25. The lowest BCUT2D eigenvalue weighted by Gasteiger charge is -2.03. The van der Waals surface area contributed by atoms with Gasteiger partial charge in [0.2, 0.25) is 0 Å². The maximum absolute atomic E-state index is 10.7. The summed E-state index contributed by atoms with van der Waals surface area (Å²) in [7, 11) is 0. The van der Waals surface area contributed by atoms with Gasteiger partial charge in [0.05, 0.1) is 18.5 Å². The van der Waals surface area contributed by atoms with Crippen LogP contribution >= 0.6 is 0 Å². The molecule has 0 saturated heterocycles. The van der Waals surface area contributed by atoms with Crippen molar-refractivity contribution in [2.45, 2.75) is 13.0 Å². The quantitative estimate of drug-likeness (QED) is 0.623. The third kappa shape index (κ3) is 2.53. The molecular formula is C14H13NO3. The van der Waals surface area contributed by atoms with Gasteiger partial charge in [-0.1, -0.05) is 24.1 Å². The number of aliphatic carboxylic acids is 1. The molecule has 0 aliphatic rings. The lowest BCUT2D eigenvalue weighted by atomic mass is 10.1. The van der Waals surface area contributed by atoms with E-state index in [2.05, 4.69) is 10.9 Å². The summed E-state index contributed by atoms with van der Waals surface area (Å²) in [5.41, 5.74) is 2.65. The number of para-hydroxylation sites is 1. The second kappa shape index (κ2) is 5.39. The number of hydrogen-bond donors (Lipinski definition) is 2. The van der Waals surface area contributed by atoms with E-state index in [1.165, 1.54) is 0 Å². The molecule has 2 N–H and O–H groups in total. The van der Waals surface area contributed by atoms with Crippen molar-refractivity contribution >= 4 is 16.9 Å². The highest BCUT2D eigenvalue weighted by Gasteiger charge is 2.09. The largest absolute Gasteiger partial charge is 0.481 e. The molecule has 92 valence electrons. The minimum absolute atomic E-state index is 0.00860. The van der Waals surface area contributed by atoms with Crippen molar-refractivity contribution in [3.8, 4) is 12.3 Å². The number of ether oxygens (including phenoxy) is 1. The molecule has 0 fully saturated rings. The van der Waals surface area contributed by atoms with Crippen LogP contribution < -0.4 is 0 Å². The molecule has 4 nitrogen and oxygen atoms in total. The van der Waals surface area contributed by atoms with Crippen molar-refractivity contribution in [3.63, 3.8) is 0 Å². The molecule has 0 saturated carbocycles. The Morgan fingerprint density at radius 2 is 2.28 bits per heavy atom. The van der Waals surface area contributed by atoms with Gasteiger partial charge in [-0.3, -0.25) is 4.79 Å². The molecule has 18 heavy (non-hydrogen) atoms. The number of carboxylic acids is 1. The summed E-state index contributed by atoms with van der Waals surface area (Å²) in [4.78, 5) is 13.8. The summed E-state index contributed by atoms with van der Waals surface area (Å²) < 4.78 is 5.29. The molecule has 0 atom stereocenters. The first-order valence-electron chi connectivity index (χ1n) is 5.53. The van der Waals surface area contributed by atoms with Crippen LogP contribution in [0.5, 0.6) is 0 Å². The Morgan fingerprint density at radius 1 is 1.44 bits per heavy atom. The van der Waals surface area contributed by atoms with E-state index in [1.807, 2.05) is 18.2 Å². The zero-order valence-corrected chi connectivity index (χ0v) is 9.77. The van der Waals surface area contributed by atoms with E-state index in [1.54, 1.807) is 6.20 Å². The predicted octanol–water partition coefficient (Wildman–Crippen LogP) is 1.94. The van der Waals surface area contributed by atoms with Gasteiger partial charge in [0.15, 0.2) is 0 Å². The van der Waals surface area contributed by atoms with Gasteiger partial charge in [0, 0.05) is 17.1 Å². The van der Waals surface area contributed by atoms with Crippen LogP contribution in [0.1, 0.15) is 11.1 Å². The number of aromatic amines is 1. The number of carbonyl (C=O) groups is 1. The summed E-state index contributed by atoms with van der Waals surface area (Å²) in [5.74, 6) is 1.56. The third-order valence-electron chi connectivity index (χ3n) is 2.67. The third-order valence-corrected chi connectivity index (χ3v) is 2.67. The molecule has 0 bridgehead atoms. The van der Waals surface area contributed by atoms with Crippen molar-refractivity contribution in [1.29, 1.82) is 0 Å². The highest BCUT2D eigenvalue weighted by Crippen LogP contribution is 2.22. The van der Waals surface area contributed by atoms with E-state index in [0.717, 1.165) is 22.0 Å². The minimum atomic E-state index is -0.843. The number of benzene rings is 1. The molecule has 4 heteroatoms. The Labute approximate surface area is 105 Å². The van der Waals surface area contributed by atoms with Crippen molar-refractivity contribution in [1.82, 2.24) is 4.98 Å². The number of hydrogen-bond acceptors (Lipinski definition) is 2. The molecule has 1 heterocycles. The average molecular weight is 243 g/mol. The first-order chi connectivity index (χ1) is 8.72. The van der Waals surface area contributed by atoms with Crippen molar-refractivity contribution in [3.05, 3.63) is 35.5 Å². The number of fused-ring (bicyclic) bond motifs is 1. The first kappa shape index (κ1) is 12.2. The van der Waals surface area contributed by atoms with E-state index in [9.17, 15) is 4.79 Å². The van der Waals surface area contributed by atoms with Gasteiger partial charge >= 0.3 is 5.97 Å². The van der Waals surface area contributed by atoms with Crippen LogP contribution in [0.15, 0.2) is 24.4 Å².